The molecule has 0 radical (unpaired) electrons. The molecule has 4 aliphatic rings. The van der Waals surface area contributed by atoms with Crippen LogP contribution in [0.3, 0.4) is 0 Å². The summed E-state index contributed by atoms with van der Waals surface area (Å²) in [7, 11) is 0. The van der Waals surface area contributed by atoms with Crippen LogP contribution in [0.2, 0.25) is 0 Å². The summed E-state index contributed by atoms with van der Waals surface area (Å²) in [5, 5.41) is 5.14. The quantitative estimate of drug-likeness (QED) is 0.570. The lowest BCUT2D eigenvalue weighted by atomic mass is 10.00. The molecule has 0 spiro atoms. The van der Waals surface area contributed by atoms with Crippen LogP contribution in [-0.4, -0.2) is 78.1 Å². The Labute approximate surface area is 223 Å². The third-order valence-corrected chi connectivity index (χ3v) is 7.24. The standard InChI is InChI=1S/C26H30F2N6O5/c1-25(2)38-14-17(39-25)13-37-16-7-8-29-21(10-16)32-24(36)34-15-4-3-9-33(12-15)19-6-5-18(30-22(19)34)23(35)31-20-11-26(20,27)28/h5-8,10,15,17,20H,3-4,9,11-14H2,1-2H3,(H,31,35)(H,29,32,36)/t15-,17-,20?/m0/s1. The zero-order chi connectivity index (χ0) is 27.4. The summed E-state index contributed by atoms with van der Waals surface area (Å²) in [4.78, 5) is 38.6. The minimum absolute atomic E-state index is 0.0229. The molecule has 11 nitrogen and oxygen atoms in total. The van der Waals surface area contributed by atoms with E-state index in [1.165, 1.54) is 17.2 Å². The number of amides is 3. The van der Waals surface area contributed by atoms with E-state index < -0.39 is 29.7 Å². The zero-order valence-electron chi connectivity index (χ0n) is 21.7. The van der Waals surface area contributed by atoms with E-state index in [-0.39, 0.29) is 36.7 Å². The number of halogens is 2. The van der Waals surface area contributed by atoms with Crippen LogP contribution in [0.4, 0.5) is 30.9 Å². The number of carbonyl (C=O) groups is 2. The van der Waals surface area contributed by atoms with Crippen LogP contribution < -0.4 is 25.2 Å². The SMILES string of the molecule is CC1(C)OC[C@H](COc2ccnc(NC(=O)N3c4nc(C(=O)NC5CC5(F)F)ccc4N4CCC[C@H]3C4)c2)O1. The molecule has 13 heteroatoms. The highest BCUT2D eigenvalue weighted by Gasteiger charge is 2.58. The highest BCUT2D eigenvalue weighted by molar-refractivity contribution is 6.04. The van der Waals surface area contributed by atoms with Gasteiger partial charge in [0.05, 0.1) is 24.4 Å². The van der Waals surface area contributed by atoms with Crippen LogP contribution in [0.5, 0.6) is 5.75 Å². The van der Waals surface area contributed by atoms with Crippen molar-refractivity contribution in [3.05, 3.63) is 36.2 Å². The van der Waals surface area contributed by atoms with Gasteiger partial charge in [-0.1, -0.05) is 0 Å². The minimum Gasteiger partial charge on any atom is -0.491 e. The molecule has 2 saturated heterocycles. The molecule has 2 aromatic heterocycles. The van der Waals surface area contributed by atoms with E-state index in [4.69, 9.17) is 14.2 Å². The van der Waals surface area contributed by atoms with Gasteiger partial charge in [0, 0.05) is 31.8 Å². The average Bonchev–Trinajstić information content (AvgIpc) is 3.33. The normalized spacial score (nSPS) is 26.0. The van der Waals surface area contributed by atoms with E-state index >= 15 is 0 Å². The molecule has 3 atom stereocenters. The number of rotatable bonds is 6. The number of piperidine rings is 1. The van der Waals surface area contributed by atoms with Crippen LogP contribution in [0, 0.1) is 0 Å². The Morgan fingerprint density at radius 1 is 1.26 bits per heavy atom. The fraction of sp³-hybridized carbons (Fsp3) is 0.538. The first-order valence-electron chi connectivity index (χ1n) is 13.0. The number of urea groups is 1. The Morgan fingerprint density at radius 2 is 2.08 bits per heavy atom. The molecule has 208 valence electrons. The fourth-order valence-corrected chi connectivity index (χ4v) is 5.19. The third-order valence-electron chi connectivity index (χ3n) is 7.24. The predicted molar refractivity (Wildman–Crippen MR) is 136 cm³/mol. The second-order valence-corrected chi connectivity index (χ2v) is 10.7. The monoisotopic (exact) mass is 544 g/mol. The van der Waals surface area contributed by atoms with Crippen LogP contribution in [0.1, 0.15) is 43.6 Å². The summed E-state index contributed by atoms with van der Waals surface area (Å²) in [6, 6.07) is 4.69. The lowest BCUT2D eigenvalue weighted by Gasteiger charge is -2.45. The largest absolute Gasteiger partial charge is 0.491 e. The first-order chi connectivity index (χ1) is 18.6. The third kappa shape index (κ3) is 5.33. The van der Waals surface area contributed by atoms with E-state index in [0.29, 0.717) is 30.4 Å². The fourth-order valence-electron chi connectivity index (χ4n) is 5.19. The molecule has 3 fully saturated rings. The van der Waals surface area contributed by atoms with Gasteiger partial charge in [0.15, 0.2) is 11.6 Å². The van der Waals surface area contributed by atoms with Gasteiger partial charge in [0.25, 0.3) is 11.8 Å². The average molecular weight is 545 g/mol. The summed E-state index contributed by atoms with van der Waals surface area (Å²) in [6.45, 7) is 5.80. The zero-order valence-corrected chi connectivity index (χ0v) is 21.7. The second-order valence-electron chi connectivity index (χ2n) is 10.7. The molecule has 2 N–H and O–H groups in total. The summed E-state index contributed by atoms with van der Waals surface area (Å²) in [5.74, 6) is -3.14. The summed E-state index contributed by atoms with van der Waals surface area (Å²) < 4.78 is 43.8. The lowest BCUT2D eigenvalue weighted by Crippen LogP contribution is -2.56. The van der Waals surface area contributed by atoms with E-state index in [2.05, 4.69) is 25.5 Å². The molecule has 1 aliphatic carbocycles. The van der Waals surface area contributed by atoms with Gasteiger partial charge in [-0.3, -0.25) is 15.0 Å². The number of carbonyl (C=O) groups excluding carboxylic acids is 2. The van der Waals surface area contributed by atoms with Crippen molar-refractivity contribution in [2.75, 3.05) is 41.4 Å². The van der Waals surface area contributed by atoms with Crippen LogP contribution in [0.25, 0.3) is 0 Å². The number of pyridine rings is 2. The summed E-state index contributed by atoms with van der Waals surface area (Å²) >= 11 is 0. The number of fused-ring (bicyclic) bond motifs is 4. The molecule has 3 amide bonds. The van der Waals surface area contributed by atoms with Gasteiger partial charge in [-0.15, -0.1) is 0 Å². The number of nitrogens with zero attached hydrogens (tertiary/aromatic N) is 4. The van der Waals surface area contributed by atoms with Crippen LogP contribution in [-0.2, 0) is 9.47 Å². The van der Waals surface area contributed by atoms with Gasteiger partial charge in [-0.05, 0) is 44.9 Å². The minimum atomic E-state index is -2.89. The maximum Gasteiger partial charge on any atom is 0.329 e. The molecule has 39 heavy (non-hydrogen) atoms. The van der Waals surface area contributed by atoms with Gasteiger partial charge in [-0.2, -0.15) is 0 Å². The van der Waals surface area contributed by atoms with Crippen LogP contribution >= 0.6 is 0 Å². The van der Waals surface area contributed by atoms with E-state index in [1.807, 2.05) is 13.8 Å². The molecule has 1 saturated carbocycles. The van der Waals surface area contributed by atoms with Crippen LogP contribution in [0.15, 0.2) is 30.5 Å². The number of alkyl halides is 2. The Bertz CT molecular complexity index is 1290. The van der Waals surface area contributed by atoms with E-state index in [1.54, 1.807) is 18.2 Å². The van der Waals surface area contributed by atoms with Crippen molar-refractivity contribution >= 4 is 29.3 Å². The van der Waals surface area contributed by atoms with Crippen molar-refractivity contribution in [2.45, 2.75) is 63.0 Å². The van der Waals surface area contributed by atoms with Gasteiger partial charge in [-0.25, -0.2) is 23.5 Å². The number of hydrogen-bond donors (Lipinski definition) is 2. The van der Waals surface area contributed by atoms with Crippen molar-refractivity contribution in [2.24, 2.45) is 0 Å². The van der Waals surface area contributed by atoms with Crippen molar-refractivity contribution in [3.63, 3.8) is 0 Å². The van der Waals surface area contributed by atoms with Crippen molar-refractivity contribution in [1.29, 1.82) is 0 Å². The first kappa shape index (κ1) is 25.7. The molecule has 1 unspecified atom stereocenters. The topological polar surface area (TPSA) is 118 Å². The van der Waals surface area contributed by atoms with Crippen molar-refractivity contribution in [3.8, 4) is 5.75 Å². The maximum absolute atomic E-state index is 13.6. The number of aromatic nitrogens is 2. The van der Waals surface area contributed by atoms with Gasteiger partial charge >= 0.3 is 6.03 Å². The Kier molecular flexibility index (Phi) is 6.29. The number of ether oxygens (including phenoxy) is 3. The van der Waals surface area contributed by atoms with Gasteiger partial charge < -0.3 is 24.4 Å². The molecule has 2 aromatic rings. The summed E-state index contributed by atoms with van der Waals surface area (Å²) in [5.41, 5.74) is 0.686. The number of anilines is 3. The second kappa shape index (κ2) is 9.56. The molecule has 0 aromatic carbocycles. The lowest BCUT2D eigenvalue weighted by molar-refractivity contribution is -0.141. The molecule has 5 heterocycles. The maximum atomic E-state index is 13.6. The van der Waals surface area contributed by atoms with E-state index in [0.717, 1.165) is 19.4 Å². The molecule has 3 aliphatic heterocycles. The van der Waals surface area contributed by atoms with Gasteiger partial charge in [0.2, 0.25) is 0 Å². The highest BCUT2D eigenvalue weighted by atomic mass is 19.3. The highest BCUT2D eigenvalue weighted by Crippen LogP contribution is 2.42. The molecular formula is C26H30F2N6O5. The number of hydrogen-bond acceptors (Lipinski definition) is 8. The predicted octanol–water partition coefficient (Wildman–Crippen LogP) is 3.17. The van der Waals surface area contributed by atoms with Crippen molar-refractivity contribution in [1.82, 2.24) is 15.3 Å². The summed E-state index contributed by atoms with van der Waals surface area (Å²) in [6.07, 6.45) is 2.57. The van der Waals surface area contributed by atoms with Crippen molar-refractivity contribution < 1.29 is 32.6 Å². The smallest absolute Gasteiger partial charge is 0.329 e. The Balaban J connectivity index is 1.18. The van der Waals surface area contributed by atoms with Gasteiger partial charge in [0.1, 0.15) is 30.0 Å². The Hall–Kier alpha value is -3.58. The molecular weight excluding hydrogens is 514 g/mol. The first-order valence-corrected chi connectivity index (χ1v) is 13.0. The molecule has 2 bridgehead atoms. The molecule has 6 rings (SSSR count). The Morgan fingerprint density at radius 3 is 2.82 bits per heavy atom. The number of nitrogens with one attached hydrogen (secondary N) is 2. The van der Waals surface area contributed by atoms with E-state index in [9.17, 15) is 18.4 Å².